The van der Waals surface area contributed by atoms with Crippen molar-refractivity contribution >= 4 is 11.7 Å². The third kappa shape index (κ3) is 2.98. The number of allylic oxidation sites excluding steroid dienone is 4. The minimum Gasteiger partial charge on any atom is -0.359 e. The van der Waals surface area contributed by atoms with Crippen molar-refractivity contribution in [2.75, 3.05) is 7.05 Å². The fourth-order valence-electron chi connectivity index (χ4n) is 10.5. The highest BCUT2D eigenvalue weighted by molar-refractivity contribution is 6.04. The molecule has 4 nitrogen and oxygen atoms in total. The summed E-state index contributed by atoms with van der Waals surface area (Å²) >= 11 is 0. The molecule has 5 aliphatic rings. The van der Waals surface area contributed by atoms with Crippen LogP contribution in [0.4, 0.5) is 0 Å². The molecule has 3 saturated carbocycles. The Kier molecular flexibility index (Phi) is 5.42. The summed E-state index contributed by atoms with van der Waals surface area (Å²) < 4.78 is 0. The molecule has 1 amide bonds. The summed E-state index contributed by atoms with van der Waals surface area (Å²) in [7, 11) is 1.81. The summed E-state index contributed by atoms with van der Waals surface area (Å²) in [4.78, 5) is 26.7. The molecule has 0 aliphatic heterocycles. The number of rotatable bonds is 1. The molecule has 0 saturated heterocycles. The molecule has 0 bridgehead atoms. The van der Waals surface area contributed by atoms with E-state index in [9.17, 15) is 14.9 Å². The first-order valence-corrected chi connectivity index (χ1v) is 14.2. The van der Waals surface area contributed by atoms with Crippen LogP contribution in [-0.4, -0.2) is 18.7 Å². The lowest BCUT2D eigenvalue weighted by Gasteiger charge is -2.70. The second kappa shape index (κ2) is 7.58. The number of fused-ring (bicyclic) bond motifs is 7. The highest BCUT2D eigenvalue weighted by Crippen LogP contribution is 2.75. The van der Waals surface area contributed by atoms with Crippen molar-refractivity contribution < 1.29 is 9.59 Å². The first kappa shape index (κ1) is 25.7. The van der Waals surface area contributed by atoms with E-state index in [2.05, 4.69) is 72.0 Å². The van der Waals surface area contributed by atoms with Crippen LogP contribution in [0.15, 0.2) is 23.3 Å². The number of nitrogens with one attached hydrogen (secondary N) is 1. The van der Waals surface area contributed by atoms with Crippen molar-refractivity contribution in [2.45, 2.75) is 99.8 Å². The zero-order valence-electron chi connectivity index (χ0n) is 23.8. The topological polar surface area (TPSA) is 70.0 Å². The molecule has 0 spiro atoms. The van der Waals surface area contributed by atoms with E-state index in [4.69, 9.17) is 0 Å². The highest BCUT2D eigenvalue weighted by Gasteiger charge is 2.69. The van der Waals surface area contributed by atoms with Gasteiger partial charge in [-0.05, 0) is 90.8 Å². The van der Waals surface area contributed by atoms with Crippen LogP contribution in [0, 0.1) is 61.6 Å². The smallest absolute Gasteiger partial charge is 0.226 e. The monoisotopic (exact) mass is 490 g/mol. The first-order valence-electron chi connectivity index (χ1n) is 14.2. The number of carbonyl (C=O) groups excluding carboxylic acids is 2. The van der Waals surface area contributed by atoms with Gasteiger partial charge in [-0.3, -0.25) is 9.59 Å². The molecule has 2 unspecified atom stereocenters. The van der Waals surface area contributed by atoms with Gasteiger partial charge in [-0.1, -0.05) is 66.2 Å². The van der Waals surface area contributed by atoms with Crippen LogP contribution in [0.2, 0.25) is 0 Å². The molecule has 3 fully saturated rings. The molecule has 0 aromatic rings. The molecule has 36 heavy (non-hydrogen) atoms. The number of Topliss-reactive ketones (excluding diaryl/α,β-unsaturated/α-hetero) is 1. The Labute approximate surface area is 218 Å². The van der Waals surface area contributed by atoms with Crippen molar-refractivity contribution in [3.05, 3.63) is 23.3 Å². The number of carbonyl (C=O) groups is 2. The molecule has 5 aliphatic carbocycles. The van der Waals surface area contributed by atoms with Crippen LogP contribution in [0.25, 0.3) is 0 Å². The molecular formula is C32H46N2O2. The van der Waals surface area contributed by atoms with E-state index in [1.54, 1.807) is 5.57 Å². The SMILES string of the molecule is CNC(=O)C12CCC(C)(C)C[C@H]1C1=CCC3[C@@]4(C)C=C(C#N)C(=O)C(C)(C)[C@@H]4CC[C@@]3(C)[C@]1(C)CC2. The summed E-state index contributed by atoms with van der Waals surface area (Å²) in [6.07, 6.45) is 12.8. The van der Waals surface area contributed by atoms with Gasteiger partial charge in [0.25, 0.3) is 0 Å². The first-order chi connectivity index (χ1) is 16.6. The minimum absolute atomic E-state index is 0.0196. The Morgan fingerprint density at radius 1 is 1.00 bits per heavy atom. The predicted octanol–water partition coefficient (Wildman–Crippen LogP) is 6.77. The number of nitriles is 1. The third-order valence-electron chi connectivity index (χ3n) is 12.8. The van der Waals surface area contributed by atoms with Crippen LogP contribution in [0.1, 0.15) is 99.8 Å². The van der Waals surface area contributed by atoms with Crippen molar-refractivity contribution in [3.63, 3.8) is 0 Å². The molecular weight excluding hydrogens is 444 g/mol. The fourth-order valence-corrected chi connectivity index (χ4v) is 10.5. The van der Waals surface area contributed by atoms with Gasteiger partial charge in [0, 0.05) is 12.5 Å². The summed E-state index contributed by atoms with van der Waals surface area (Å²) in [6.45, 7) is 16.2. The fraction of sp³-hybridized carbons (Fsp3) is 0.781. The van der Waals surface area contributed by atoms with Gasteiger partial charge < -0.3 is 5.32 Å². The number of hydrogen-bond donors (Lipinski definition) is 1. The Hall–Kier alpha value is -1.89. The van der Waals surface area contributed by atoms with Crippen molar-refractivity contribution in [1.29, 1.82) is 5.26 Å². The van der Waals surface area contributed by atoms with Gasteiger partial charge in [-0.2, -0.15) is 5.26 Å². The summed E-state index contributed by atoms with van der Waals surface area (Å²) in [5.41, 5.74) is 1.23. The van der Waals surface area contributed by atoms with Crippen LogP contribution >= 0.6 is 0 Å². The standard InChI is InChI=1S/C32H46N2O2/c1-27(2)13-15-32(26(36)34-8)16-14-30(6)21(22(32)18-27)9-10-24-29(5)17-20(19-33)25(35)28(3,4)23(29)11-12-31(24,30)7/h9,17,22-24H,10-16,18H2,1-8H3,(H,34,36)/t22-,23-,24?,29-,30+,31+,32?/m0/s1. The number of ketones is 1. The molecule has 0 aromatic carbocycles. The zero-order chi connectivity index (χ0) is 26.5. The van der Waals surface area contributed by atoms with E-state index >= 15 is 0 Å². The van der Waals surface area contributed by atoms with Crippen LogP contribution in [0.3, 0.4) is 0 Å². The minimum atomic E-state index is -0.519. The number of amides is 1. The highest BCUT2D eigenvalue weighted by atomic mass is 16.2. The Bertz CT molecular complexity index is 1120. The molecule has 5 rings (SSSR count). The Morgan fingerprint density at radius 2 is 1.67 bits per heavy atom. The van der Waals surface area contributed by atoms with E-state index in [0.29, 0.717) is 11.5 Å². The molecule has 0 heterocycles. The summed E-state index contributed by atoms with van der Waals surface area (Å²) in [5, 5.41) is 12.9. The van der Waals surface area contributed by atoms with Gasteiger partial charge in [-0.15, -0.1) is 0 Å². The van der Waals surface area contributed by atoms with Gasteiger partial charge in [0.2, 0.25) is 5.91 Å². The molecule has 7 atom stereocenters. The summed E-state index contributed by atoms with van der Waals surface area (Å²) in [5.74, 6) is 1.17. The van der Waals surface area contributed by atoms with Gasteiger partial charge in [-0.25, -0.2) is 0 Å². The van der Waals surface area contributed by atoms with E-state index in [1.807, 2.05) is 7.05 Å². The van der Waals surface area contributed by atoms with E-state index in [1.165, 1.54) is 0 Å². The van der Waals surface area contributed by atoms with Crippen molar-refractivity contribution in [3.8, 4) is 6.07 Å². The molecule has 0 radical (unpaired) electrons. The largest absolute Gasteiger partial charge is 0.359 e. The van der Waals surface area contributed by atoms with Crippen molar-refractivity contribution in [1.82, 2.24) is 5.32 Å². The van der Waals surface area contributed by atoms with Gasteiger partial charge in [0.05, 0.1) is 11.0 Å². The van der Waals surface area contributed by atoms with Crippen LogP contribution in [0.5, 0.6) is 0 Å². The second-order valence-corrected chi connectivity index (χ2v) is 15.0. The average Bonchev–Trinajstić information content (AvgIpc) is 2.81. The van der Waals surface area contributed by atoms with Crippen molar-refractivity contribution in [2.24, 2.45) is 50.2 Å². The quantitative estimate of drug-likeness (QED) is 0.412. The van der Waals surface area contributed by atoms with Gasteiger partial charge in [0.15, 0.2) is 5.78 Å². The van der Waals surface area contributed by atoms with Gasteiger partial charge in [0.1, 0.15) is 6.07 Å². The van der Waals surface area contributed by atoms with Crippen LogP contribution < -0.4 is 5.32 Å². The average molecular weight is 491 g/mol. The lowest BCUT2D eigenvalue weighted by Crippen LogP contribution is -2.64. The lowest BCUT2D eigenvalue weighted by atomic mass is 9.34. The van der Waals surface area contributed by atoms with E-state index < -0.39 is 5.41 Å². The molecule has 196 valence electrons. The van der Waals surface area contributed by atoms with E-state index in [0.717, 1.165) is 51.4 Å². The maximum absolute atomic E-state index is 13.5. The Morgan fingerprint density at radius 3 is 2.31 bits per heavy atom. The summed E-state index contributed by atoms with van der Waals surface area (Å²) in [6, 6.07) is 2.26. The normalized spacial score (nSPS) is 46.5. The maximum atomic E-state index is 13.5. The maximum Gasteiger partial charge on any atom is 0.226 e. The predicted molar refractivity (Wildman–Crippen MR) is 143 cm³/mol. The van der Waals surface area contributed by atoms with E-state index in [-0.39, 0.29) is 50.6 Å². The zero-order valence-corrected chi connectivity index (χ0v) is 23.8. The second-order valence-electron chi connectivity index (χ2n) is 15.0. The number of hydrogen-bond acceptors (Lipinski definition) is 3. The Balaban J connectivity index is 1.65. The molecule has 1 N–H and O–H groups in total. The lowest BCUT2D eigenvalue weighted by molar-refractivity contribution is -0.165. The van der Waals surface area contributed by atoms with Crippen LogP contribution in [-0.2, 0) is 9.59 Å². The molecule has 4 heteroatoms. The number of nitrogens with zero attached hydrogens (tertiary/aromatic N) is 1. The van der Waals surface area contributed by atoms with Gasteiger partial charge >= 0.3 is 0 Å². The molecule has 0 aromatic heterocycles. The third-order valence-corrected chi connectivity index (χ3v) is 12.8.